The average molecular weight is 243 g/mol. The molecule has 7 heteroatoms. The second-order valence-corrected chi connectivity index (χ2v) is 5.18. The molecule has 0 saturated carbocycles. The molecule has 16 heavy (non-hydrogen) atoms. The van der Waals surface area contributed by atoms with Crippen LogP contribution in [-0.2, 0) is 4.79 Å². The topological polar surface area (TPSA) is 92.2 Å². The Morgan fingerprint density at radius 1 is 1.50 bits per heavy atom. The number of nitrogens with one attached hydrogen (secondary N) is 1. The lowest BCUT2D eigenvalue weighted by atomic mass is 9.87. The second kappa shape index (κ2) is 4.56. The number of carbonyl (C=O) groups is 2. The quantitative estimate of drug-likeness (QED) is 0.818. The molecule has 0 aliphatic carbocycles. The summed E-state index contributed by atoms with van der Waals surface area (Å²) >= 11 is 0.929. The molecule has 1 aromatic rings. The van der Waals surface area contributed by atoms with Gasteiger partial charge in [-0.2, -0.15) is 0 Å². The average Bonchev–Trinajstić information content (AvgIpc) is 2.63. The van der Waals surface area contributed by atoms with Gasteiger partial charge in [0.15, 0.2) is 0 Å². The summed E-state index contributed by atoms with van der Waals surface area (Å²) in [7, 11) is 0. The minimum atomic E-state index is -1.06. The standard InChI is InChI=1S/C9H13N3O3S/c1-9(2,3)6(8(14)15)11-7(13)5-4-10-12-16-5/h4,6H,1-3H3,(H,11,13)(H,14,15)/t6-/m1/s1. The molecule has 0 spiro atoms. The number of aliphatic carboxylic acids is 1. The summed E-state index contributed by atoms with van der Waals surface area (Å²) in [6, 6.07) is -0.943. The fourth-order valence-electron chi connectivity index (χ4n) is 1.12. The van der Waals surface area contributed by atoms with Gasteiger partial charge in [-0.25, -0.2) is 4.79 Å². The Morgan fingerprint density at radius 2 is 2.12 bits per heavy atom. The van der Waals surface area contributed by atoms with E-state index in [2.05, 4.69) is 14.9 Å². The molecule has 0 aromatic carbocycles. The van der Waals surface area contributed by atoms with E-state index in [-0.39, 0.29) is 0 Å². The monoisotopic (exact) mass is 243 g/mol. The number of hydrogen-bond acceptors (Lipinski definition) is 5. The van der Waals surface area contributed by atoms with E-state index in [0.29, 0.717) is 4.88 Å². The maximum Gasteiger partial charge on any atom is 0.326 e. The van der Waals surface area contributed by atoms with E-state index < -0.39 is 23.3 Å². The van der Waals surface area contributed by atoms with Crippen molar-refractivity contribution in [1.29, 1.82) is 0 Å². The molecule has 1 aromatic heterocycles. The van der Waals surface area contributed by atoms with Crippen molar-refractivity contribution in [2.45, 2.75) is 26.8 Å². The molecule has 0 unspecified atom stereocenters. The van der Waals surface area contributed by atoms with Gasteiger partial charge < -0.3 is 10.4 Å². The minimum Gasteiger partial charge on any atom is -0.480 e. The van der Waals surface area contributed by atoms with Crippen LogP contribution in [0.25, 0.3) is 0 Å². The number of aromatic nitrogens is 2. The van der Waals surface area contributed by atoms with Crippen molar-refractivity contribution in [3.63, 3.8) is 0 Å². The number of carbonyl (C=O) groups excluding carboxylic acids is 1. The Morgan fingerprint density at radius 3 is 2.50 bits per heavy atom. The van der Waals surface area contributed by atoms with Crippen LogP contribution in [0, 0.1) is 5.41 Å². The van der Waals surface area contributed by atoms with Crippen LogP contribution in [0.3, 0.4) is 0 Å². The number of carboxylic acid groups (broad SMARTS) is 1. The highest BCUT2D eigenvalue weighted by Gasteiger charge is 2.33. The Kier molecular flexibility index (Phi) is 3.58. The molecular formula is C9H13N3O3S. The molecule has 0 saturated heterocycles. The molecule has 1 rings (SSSR count). The summed E-state index contributed by atoms with van der Waals surface area (Å²) < 4.78 is 3.54. The molecule has 1 atom stereocenters. The first kappa shape index (κ1) is 12.6. The molecule has 2 N–H and O–H groups in total. The maximum absolute atomic E-state index is 11.6. The van der Waals surface area contributed by atoms with E-state index in [4.69, 9.17) is 5.11 Å². The molecule has 0 bridgehead atoms. The number of carboxylic acids is 1. The van der Waals surface area contributed by atoms with E-state index in [1.165, 1.54) is 6.20 Å². The normalized spacial score (nSPS) is 13.2. The summed E-state index contributed by atoms with van der Waals surface area (Å²) in [6.07, 6.45) is 1.31. The highest BCUT2D eigenvalue weighted by atomic mass is 32.1. The molecule has 0 aliphatic rings. The van der Waals surface area contributed by atoms with Crippen LogP contribution >= 0.6 is 11.5 Å². The largest absolute Gasteiger partial charge is 0.480 e. The number of amides is 1. The number of rotatable bonds is 3. The van der Waals surface area contributed by atoms with Crippen molar-refractivity contribution < 1.29 is 14.7 Å². The van der Waals surface area contributed by atoms with Crippen LogP contribution in [-0.4, -0.2) is 32.6 Å². The molecule has 0 aliphatic heterocycles. The SMILES string of the molecule is CC(C)(C)[C@H](NC(=O)c1cnns1)C(=O)O. The molecule has 0 fully saturated rings. The van der Waals surface area contributed by atoms with Gasteiger partial charge in [-0.15, -0.1) is 5.10 Å². The van der Waals surface area contributed by atoms with Crippen molar-refractivity contribution in [2.75, 3.05) is 0 Å². The van der Waals surface area contributed by atoms with Gasteiger partial charge in [-0.05, 0) is 16.9 Å². The fourth-order valence-corrected chi connectivity index (χ4v) is 1.54. The first-order valence-corrected chi connectivity index (χ1v) is 5.40. The van der Waals surface area contributed by atoms with Gasteiger partial charge in [-0.3, -0.25) is 4.79 Å². The molecule has 1 heterocycles. The Balaban J connectivity index is 2.78. The number of hydrogen-bond donors (Lipinski definition) is 2. The van der Waals surface area contributed by atoms with Crippen LogP contribution < -0.4 is 5.32 Å². The van der Waals surface area contributed by atoms with E-state index in [1.807, 2.05) is 0 Å². The molecular weight excluding hydrogens is 230 g/mol. The molecule has 0 radical (unpaired) electrons. The van der Waals surface area contributed by atoms with E-state index in [9.17, 15) is 9.59 Å². The van der Waals surface area contributed by atoms with E-state index >= 15 is 0 Å². The summed E-state index contributed by atoms with van der Waals surface area (Å²) in [4.78, 5) is 22.9. The van der Waals surface area contributed by atoms with Crippen molar-refractivity contribution in [1.82, 2.24) is 14.9 Å². The van der Waals surface area contributed by atoms with Crippen LogP contribution in [0.15, 0.2) is 6.20 Å². The Bertz CT molecular complexity index is 383. The predicted octanol–water partition coefficient (Wildman–Crippen LogP) is 0.767. The summed E-state index contributed by atoms with van der Waals surface area (Å²) in [5.41, 5.74) is -0.556. The Hall–Kier alpha value is -1.50. The Labute approximate surface area is 96.8 Å². The first-order valence-electron chi connectivity index (χ1n) is 4.63. The van der Waals surface area contributed by atoms with Crippen molar-refractivity contribution in [3.05, 3.63) is 11.1 Å². The van der Waals surface area contributed by atoms with E-state index in [1.54, 1.807) is 20.8 Å². The summed E-state index contributed by atoms with van der Waals surface area (Å²) in [5.74, 6) is -1.52. The smallest absolute Gasteiger partial charge is 0.326 e. The van der Waals surface area contributed by atoms with Gasteiger partial charge in [0.2, 0.25) is 0 Å². The van der Waals surface area contributed by atoms with Crippen LogP contribution in [0.5, 0.6) is 0 Å². The first-order chi connectivity index (χ1) is 7.32. The zero-order valence-electron chi connectivity index (χ0n) is 9.22. The predicted molar refractivity (Wildman–Crippen MR) is 58.3 cm³/mol. The lowest BCUT2D eigenvalue weighted by Crippen LogP contribution is -2.48. The van der Waals surface area contributed by atoms with Crippen LogP contribution in [0.1, 0.15) is 30.4 Å². The van der Waals surface area contributed by atoms with Crippen LogP contribution in [0.4, 0.5) is 0 Å². The lowest BCUT2D eigenvalue weighted by Gasteiger charge is -2.27. The zero-order chi connectivity index (χ0) is 12.3. The van der Waals surface area contributed by atoms with Gasteiger partial charge in [0.25, 0.3) is 5.91 Å². The lowest BCUT2D eigenvalue weighted by molar-refractivity contribution is -0.142. The third-order valence-corrected chi connectivity index (χ3v) is 2.64. The van der Waals surface area contributed by atoms with Crippen molar-refractivity contribution in [2.24, 2.45) is 5.41 Å². The zero-order valence-corrected chi connectivity index (χ0v) is 10.0. The van der Waals surface area contributed by atoms with Gasteiger partial charge >= 0.3 is 5.97 Å². The summed E-state index contributed by atoms with van der Waals surface area (Å²) in [5, 5.41) is 15.0. The molecule has 1 amide bonds. The van der Waals surface area contributed by atoms with Crippen LogP contribution in [0.2, 0.25) is 0 Å². The number of nitrogens with zero attached hydrogens (tertiary/aromatic N) is 2. The summed E-state index contributed by atoms with van der Waals surface area (Å²) in [6.45, 7) is 5.24. The fraction of sp³-hybridized carbons (Fsp3) is 0.556. The van der Waals surface area contributed by atoms with Crippen molar-refractivity contribution in [3.8, 4) is 0 Å². The van der Waals surface area contributed by atoms with E-state index in [0.717, 1.165) is 11.5 Å². The third-order valence-electron chi connectivity index (χ3n) is 1.97. The highest BCUT2D eigenvalue weighted by Crippen LogP contribution is 2.20. The molecule has 88 valence electrons. The van der Waals surface area contributed by atoms with Crippen molar-refractivity contribution >= 4 is 23.4 Å². The highest BCUT2D eigenvalue weighted by molar-refractivity contribution is 7.07. The molecule has 6 nitrogen and oxygen atoms in total. The second-order valence-electron chi connectivity index (χ2n) is 4.39. The maximum atomic E-state index is 11.6. The van der Waals surface area contributed by atoms with Gasteiger partial charge in [0.05, 0.1) is 6.20 Å². The van der Waals surface area contributed by atoms with Gasteiger partial charge in [0, 0.05) is 0 Å². The van der Waals surface area contributed by atoms with Gasteiger partial charge in [0.1, 0.15) is 10.9 Å². The van der Waals surface area contributed by atoms with Gasteiger partial charge in [-0.1, -0.05) is 25.3 Å². The third kappa shape index (κ3) is 2.99. The minimum absolute atomic E-state index is 0.301.